The molecule has 0 aliphatic carbocycles. The smallest absolute Gasteiger partial charge is 0.265 e. The SMILES string of the molecule is CN=C(NCCCOCc1ccco1)NCCCN1C(=O)COc2ccccc21.I. The summed E-state index contributed by atoms with van der Waals surface area (Å²) >= 11 is 0. The third-order valence-corrected chi connectivity index (χ3v) is 4.47. The Morgan fingerprint density at radius 1 is 1.17 bits per heavy atom. The summed E-state index contributed by atoms with van der Waals surface area (Å²) < 4.78 is 16.2. The summed E-state index contributed by atoms with van der Waals surface area (Å²) in [4.78, 5) is 18.2. The van der Waals surface area contributed by atoms with Gasteiger partial charge in [0.05, 0.1) is 12.0 Å². The Hall–Kier alpha value is -2.27. The zero-order chi connectivity index (χ0) is 20.3. The van der Waals surface area contributed by atoms with E-state index in [0.717, 1.165) is 42.5 Å². The molecule has 2 N–H and O–H groups in total. The van der Waals surface area contributed by atoms with Crippen LogP contribution in [0.3, 0.4) is 0 Å². The van der Waals surface area contributed by atoms with Crippen molar-refractivity contribution >= 4 is 41.5 Å². The van der Waals surface area contributed by atoms with E-state index in [9.17, 15) is 4.79 Å². The summed E-state index contributed by atoms with van der Waals surface area (Å²) in [6.07, 6.45) is 3.30. The highest BCUT2D eigenvalue weighted by Crippen LogP contribution is 2.31. The fourth-order valence-electron chi connectivity index (χ4n) is 3.01. The number of anilines is 1. The van der Waals surface area contributed by atoms with Gasteiger partial charge < -0.3 is 29.4 Å². The maximum absolute atomic E-state index is 12.2. The van der Waals surface area contributed by atoms with Crippen molar-refractivity contribution in [2.24, 2.45) is 4.99 Å². The number of carbonyl (C=O) groups excluding carboxylic acids is 1. The van der Waals surface area contributed by atoms with Crippen LogP contribution in [0.25, 0.3) is 0 Å². The van der Waals surface area contributed by atoms with Gasteiger partial charge in [-0.05, 0) is 37.1 Å². The van der Waals surface area contributed by atoms with Crippen LogP contribution < -0.4 is 20.3 Å². The molecule has 2 aromatic rings. The van der Waals surface area contributed by atoms with Crippen LogP contribution in [0.4, 0.5) is 5.69 Å². The lowest BCUT2D eigenvalue weighted by Gasteiger charge is -2.29. The zero-order valence-corrected chi connectivity index (χ0v) is 19.5. The molecule has 1 aliphatic rings. The molecule has 0 atom stereocenters. The second-order valence-corrected chi connectivity index (χ2v) is 6.57. The molecule has 2 heterocycles. The fraction of sp³-hybridized carbons (Fsp3) is 0.429. The quantitative estimate of drug-likeness (QED) is 0.214. The van der Waals surface area contributed by atoms with Crippen molar-refractivity contribution < 1.29 is 18.7 Å². The number of fused-ring (bicyclic) bond motifs is 1. The number of furan rings is 1. The number of para-hydroxylation sites is 2. The number of amides is 1. The van der Waals surface area contributed by atoms with Gasteiger partial charge in [0.25, 0.3) is 5.91 Å². The van der Waals surface area contributed by atoms with E-state index in [4.69, 9.17) is 13.9 Å². The molecule has 3 rings (SSSR count). The Morgan fingerprint density at radius 3 is 2.73 bits per heavy atom. The van der Waals surface area contributed by atoms with Gasteiger partial charge >= 0.3 is 0 Å². The summed E-state index contributed by atoms with van der Waals surface area (Å²) in [5, 5.41) is 6.54. The number of aliphatic imine (C=N–C) groups is 1. The highest BCUT2D eigenvalue weighted by molar-refractivity contribution is 14.0. The average Bonchev–Trinajstić information content (AvgIpc) is 3.26. The molecular weight excluding hydrogens is 499 g/mol. The number of rotatable bonds is 10. The topological polar surface area (TPSA) is 88.3 Å². The summed E-state index contributed by atoms with van der Waals surface area (Å²) in [6, 6.07) is 11.4. The minimum atomic E-state index is -0.0132. The van der Waals surface area contributed by atoms with Crippen LogP contribution in [0.15, 0.2) is 52.1 Å². The number of nitrogens with zero attached hydrogens (tertiary/aromatic N) is 2. The van der Waals surface area contributed by atoms with Crippen molar-refractivity contribution in [1.82, 2.24) is 10.6 Å². The predicted octanol–water partition coefficient (Wildman–Crippen LogP) is 2.79. The van der Waals surface area contributed by atoms with E-state index in [0.29, 0.717) is 26.3 Å². The van der Waals surface area contributed by atoms with E-state index in [-0.39, 0.29) is 36.5 Å². The molecule has 9 heteroatoms. The second-order valence-electron chi connectivity index (χ2n) is 6.57. The lowest BCUT2D eigenvalue weighted by atomic mass is 10.2. The minimum Gasteiger partial charge on any atom is -0.482 e. The Kier molecular flexibility index (Phi) is 10.5. The Morgan fingerprint density at radius 2 is 1.97 bits per heavy atom. The number of guanidine groups is 1. The van der Waals surface area contributed by atoms with Gasteiger partial charge in [-0.15, -0.1) is 24.0 Å². The molecule has 0 saturated carbocycles. The van der Waals surface area contributed by atoms with Gasteiger partial charge in [-0.2, -0.15) is 0 Å². The maximum Gasteiger partial charge on any atom is 0.265 e. The molecule has 1 aromatic carbocycles. The molecule has 30 heavy (non-hydrogen) atoms. The first-order chi connectivity index (χ1) is 14.3. The molecule has 1 amide bonds. The molecule has 0 bridgehead atoms. The molecule has 164 valence electrons. The fourth-order valence-corrected chi connectivity index (χ4v) is 3.01. The zero-order valence-electron chi connectivity index (χ0n) is 17.1. The first kappa shape index (κ1) is 24.0. The number of hydrogen-bond donors (Lipinski definition) is 2. The van der Waals surface area contributed by atoms with Crippen molar-refractivity contribution in [3.8, 4) is 5.75 Å². The molecule has 1 aromatic heterocycles. The van der Waals surface area contributed by atoms with Gasteiger partial charge in [-0.3, -0.25) is 9.79 Å². The van der Waals surface area contributed by atoms with Gasteiger partial charge in [-0.1, -0.05) is 12.1 Å². The number of ether oxygens (including phenoxy) is 2. The minimum absolute atomic E-state index is 0. The molecule has 0 saturated heterocycles. The Labute approximate surface area is 194 Å². The number of benzene rings is 1. The molecule has 8 nitrogen and oxygen atoms in total. The van der Waals surface area contributed by atoms with Crippen molar-refractivity contribution in [2.45, 2.75) is 19.4 Å². The van der Waals surface area contributed by atoms with E-state index in [2.05, 4.69) is 15.6 Å². The van der Waals surface area contributed by atoms with Crippen LogP contribution >= 0.6 is 24.0 Å². The highest BCUT2D eigenvalue weighted by atomic mass is 127. The largest absolute Gasteiger partial charge is 0.482 e. The molecular formula is C21H29IN4O4. The average molecular weight is 528 g/mol. The maximum atomic E-state index is 12.2. The lowest BCUT2D eigenvalue weighted by molar-refractivity contribution is -0.121. The van der Waals surface area contributed by atoms with Gasteiger partial charge in [0.2, 0.25) is 0 Å². The van der Waals surface area contributed by atoms with Crippen LogP contribution in [0.1, 0.15) is 18.6 Å². The first-order valence-corrected chi connectivity index (χ1v) is 9.85. The van der Waals surface area contributed by atoms with Crippen molar-refractivity contribution in [3.05, 3.63) is 48.4 Å². The summed E-state index contributed by atoms with van der Waals surface area (Å²) in [5.41, 5.74) is 0.834. The predicted molar refractivity (Wildman–Crippen MR) is 127 cm³/mol. The van der Waals surface area contributed by atoms with E-state index in [1.54, 1.807) is 18.2 Å². The summed E-state index contributed by atoms with van der Waals surface area (Å²) in [6.45, 7) is 3.32. The Balaban J connectivity index is 0.00000320. The van der Waals surface area contributed by atoms with Gasteiger partial charge in [0.15, 0.2) is 12.6 Å². The second kappa shape index (κ2) is 13.1. The third-order valence-electron chi connectivity index (χ3n) is 4.47. The Bertz CT molecular complexity index is 798. The number of nitrogens with one attached hydrogen (secondary N) is 2. The van der Waals surface area contributed by atoms with E-state index in [1.165, 1.54) is 0 Å². The van der Waals surface area contributed by atoms with E-state index < -0.39 is 0 Å². The molecule has 0 radical (unpaired) electrons. The van der Waals surface area contributed by atoms with Crippen LogP contribution in [-0.4, -0.2) is 51.8 Å². The van der Waals surface area contributed by atoms with Crippen molar-refractivity contribution in [3.63, 3.8) is 0 Å². The third kappa shape index (κ3) is 7.21. The standard InChI is InChI=1S/C21H28N4O4.HI/c1-22-21(24-11-6-13-27-15-17-7-4-14-28-17)23-10-5-12-25-18-8-2-3-9-19(18)29-16-20(25)26;/h2-4,7-9,14H,5-6,10-13,15-16H2,1H3,(H2,22,23,24);1H. The number of halogens is 1. The lowest BCUT2D eigenvalue weighted by Crippen LogP contribution is -2.42. The summed E-state index contributed by atoms with van der Waals surface area (Å²) in [5.74, 6) is 2.31. The number of hydrogen-bond acceptors (Lipinski definition) is 5. The molecule has 0 fully saturated rings. The molecule has 0 spiro atoms. The first-order valence-electron chi connectivity index (χ1n) is 9.85. The molecule has 0 unspecified atom stereocenters. The van der Waals surface area contributed by atoms with Crippen LogP contribution in [0.5, 0.6) is 5.75 Å². The summed E-state index contributed by atoms with van der Waals surface area (Å²) in [7, 11) is 1.74. The van der Waals surface area contributed by atoms with Crippen LogP contribution in [0.2, 0.25) is 0 Å². The van der Waals surface area contributed by atoms with E-state index in [1.807, 2.05) is 36.4 Å². The van der Waals surface area contributed by atoms with Gasteiger partial charge in [-0.25, -0.2) is 0 Å². The number of carbonyl (C=O) groups is 1. The normalized spacial score (nSPS) is 13.3. The molecule has 1 aliphatic heterocycles. The van der Waals surface area contributed by atoms with Crippen molar-refractivity contribution in [2.75, 3.05) is 44.8 Å². The van der Waals surface area contributed by atoms with Crippen LogP contribution in [0, 0.1) is 0 Å². The highest BCUT2D eigenvalue weighted by Gasteiger charge is 2.24. The van der Waals surface area contributed by atoms with Gasteiger partial charge in [0.1, 0.15) is 18.1 Å². The van der Waals surface area contributed by atoms with Crippen LogP contribution in [-0.2, 0) is 16.1 Å². The monoisotopic (exact) mass is 528 g/mol. The van der Waals surface area contributed by atoms with Crippen molar-refractivity contribution in [1.29, 1.82) is 0 Å². The van der Waals surface area contributed by atoms with Gasteiger partial charge in [0, 0.05) is 33.3 Å². The van der Waals surface area contributed by atoms with E-state index >= 15 is 0 Å².